The van der Waals surface area contributed by atoms with Gasteiger partial charge in [0.1, 0.15) is 29.7 Å². The van der Waals surface area contributed by atoms with Crippen LogP contribution in [0, 0.1) is 11.6 Å². The van der Waals surface area contributed by atoms with Crippen molar-refractivity contribution in [2.75, 3.05) is 17.9 Å². The second-order valence-electron chi connectivity index (χ2n) is 6.56. The quantitative estimate of drug-likeness (QED) is 0.469. The second-order valence-corrected chi connectivity index (χ2v) is 8.62. The van der Waals surface area contributed by atoms with Gasteiger partial charge in [-0.25, -0.2) is 27.0 Å². The molecule has 2 aromatic carbocycles. The normalized spacial score (nSPS) is 15.3. The molecule has 0 saturated heterocycles. The summed E-state index contributed by atoms with van der Waals surface area (Å²) in [4.78, 5) is 15.5. The first-order valence-corrected chi connectivity index (χ1v) is 10.8. The van der Waals surface area contributed by atoms with E-state index in [-0.39, 0.29) is 35.8 Å². The van der Waals surface area contributed by atoms with Crippen LogP contribution < -0.4 is 9.46 Å². The number of carbonyl (C=O) groups excluding carboxylic acids is 1. The lowest BCUT2D eigenvalue weighted by molar-refractivity contribution is 0.0448. The minimum absolute atomic E-state index is 0.0426. The Hall–Kier alpha value is -3.44. The Morgan fingerprint density at radius 3 is 2.59 bits per heavy atom. The number of nitrogens with one attached hydrogen (secondary N) is 1. The van der Waals surface area contributed by atoms with Gasteiger partial charge in [-0.15, -0.1) is 0 Å². The Morgan fingerprint density at radius 1 is 1.06 bits per heavy atom. The fraction of sp³-hybridized carbons (Fsp3) is 0.100. The molecule has 32 heavy (non-hydrogen) atoms. The topological polar surface area (TPSA) is 115 Å². The summed E-state index contributed by atoms with van der Waals surface area (Å²) in [5, 5.41) is 9.72. The zero-order chi connectivity index (χ0) is 23.0. The smallest absolute Gasteiger partial charge is 0.338 e. The van der Waals surface area contributed by atoms with Crippen LogP contribution in [0.2, 0.25) is 5.02 Å². The summed E-state index contributed by atoms with van der Waals surface area (Å²) in [6.45, 7) is -0.425. The van der Waals surface area contributed by atoms with Gasteiger partial charge in [-0.1, -0.05) is 11.6 Å². The minimum atomic E-state index is -4.67. The molecule has 12 heteroatoms. The number of aromatic nitrogens is 1. The highest BCUT2D eigenvalue weighted by Crippen LogP contribution is 2.37. The highest BCUT2D eigenvalue weighted by molar-refractivity contribution is 7.92. The molecular formula is C20H13ClF2N2O6S. The molecular weight excluding hydrogens is 470 g/mol. The monoisotopic (exact) mass is 482 g/mol. The van der Waals surface area contributed by atoms with Crippen molar-refractivity contribution in [3.05, 3.63) is 64.8 Å². The number of rotatable bonds is 0. The lowest BCUT2D eigenvalue weighted by Gasteiger charge is -2.14. The molecule has 0 saturated carbocycles. The Kier molecular flexibility index (Phi) is 5.61. The van der Waals surface area contributed by atoms with E-state index in [1.807, 2.05) is 4.72 Å². The van der Waals surface area contributed by atoms with Gasteiger partial charge in [-0.05, 0) is 30.3 Å². The molecule has 4 bridgehead atoms. The number of nitrogens with zero attached hydrogens (tertiary/aromatic N) is 1. The summed E-state index contributed by atoms with van der Waals surface area (Å²) in [6.07, 6.45) is 1.38. The minimum Gasteiger partial charge on any atom is -0.505 e. The predicted octanol–water partition coefficient (Wildman–Crippen LogP) is 3.74. The first kappa shape index (κ1) is 21.8. The zero-order valence-electron chi connectivity index (χ0n) is 15.9. The van der Waals surface area contributed by atoms with E-state index in [1.54, 1.807) is 0 Å². The number of phenols is 1. The van der Waals surface area contributed by atoms with Crippen molar-refractivity contribution >= 4 is 33.3 Å². The third-order valence-electron chi connectivity index (χ3n) is 4.47. The van der Waals surface area contributed by atoms with Crippen molar-refractivity contribution in [3.8, 4) is 22.8 Å². The van der Waals surface area contributed by atoms with E-state index in [9.17, 15) is 27.1 Å². The maximum absolute atomic E-state index is 14.6. The Morgan fingerprint density at radius 2 is 1.81 bits per heavy atom. The zero-order valence-corrected chi connectivity index (χ0v) is 17.5. The molecule has 4 rings (SSSR count). The average molecular weight is 483 g/mol. The van der Waals surface area contributed by atoms with Crippen LogP contribution in [0.3, 0.4) is 0 Å². The first-order valence-electron chi connectivity index (χ1n) is 8.97. The van der Waals surface area contributed by atoms with Gasteiger partial charge in [-0.2, -0.15) is 0 Å². The van der Waals surface area contributed by atoms with E-state index < -0.39 is 49.0 Å². The molecule has 1 aromatic heterocycles. The van der Waals surface area contributed by atoms with Crippen LogP contribution >= 0.6 is 11.6 Å². The van der Waals surface area contributed by atoms with E-state index in [1.165, 1.54) is 18.3 Å². The molecule has 1 aliphatic rings. The Bertz CT molecular complexity index is 1350. The van der Waals surface area contributed by atoms with Crippen LogP contribution in [-0.4, -0.2) is 37.7 Å². The maximum Gasteiger partial charge on any atom is 0.338 e. The van der Waals surface area contributed by atoms with Gasteiger partial charge in [0.05, 0.1) is 16.3 Å². The largest absolute Gasteiger partial charge is 0.505 e. The van der Waals surface area contributed by atoms with Crippen LogP contribution in [0.4, 0.5) is 14.5 Å². The number of carbonyl (C=O) groups is 1. The Labute approximate surface area is 185 Å². The van der Waals surface area contributed by atoms with Crippen molar-refractivity contribution in [1.82, 2.24) is 4.98 Å². The van der Waals surface area contributed by atoms with Gasteiger partial charge in [0.15, 0.2) is 5.75 Å². The molecule has 0 amide bonds. The lowest BCUT2D eigenvalue weighted by atomic mass is 10.1. The highest BCUT2D eigenvalue weighted by Gasteiger charge is 2.26. The van der Waals surface area contributed by atoms with E-state index in [2.05, 4.69) is 4.98 Å². The number of ether oxygens (including phenoxy) is 2. The number of fused-ring (bicyclic) bond motifs is 6. The van der Waals surface area contributed by atoms with E-state index in [0.29, 0.717) is 6.07 Å². The van der Waals surface area contributed by atoms with E-state index in [4.69, 9.17) is 21.1 Å². The molecule has 2 N–H and O–H groups in total. The van der Waals surface area contributed by atoms with Gasteiger partial charge in [0, 0.05) is 23.4 Å². The number of phenolic OH excluding ortho intramolecular Hbond substituents is 1. The first-order chi connectivity index (χ1) is 15.2. The Balaban J connectivity index is 1.93. The fourth-order valence-electron chi connectivity index (χ4n) is 3.00. The molecule has 0 atom stereocenters. The molecule has 0 radical (unpaired) electrons. The van der Waals surface area contributed by atoms with Crippen molar-refractivity contribution in [1.29, 1.82) is 0 Å². The van der Waals surface area contributed by atoms with E-state index in [0.717, 1.165) is 18.2 Å². The second kappa shape index (κ2) is 8.24. The summed E-state index contributed by atoms with van der Waals surface area (Å²) in [5.41, 5.74) is -0.982. The number of benzene rings is 2. The third-order valence-corrected chi connectivity index (χ3v) is 6.14. The number of pyridine rings is 1. The van der Waals surface area contributed by atoms with Gasteiger partial charge in [0.25, 0.3) is 10.0 Å². The summed E-state index contributed by atoms with van der Waals surface area (Å²) in [5.74, 6) is -4.06. The predicted molar refractivity (Wildman–Crippen MR) is 109 cm³/mol. The highest BCUT2D eigenvalue weighted by atomic mass is 35.5. The van der Waals surface area contributed by atoms with Gasteiger partial charge < -0.3 is 14.6 Å². The molecule has 0 fully saturated rings. The summed E-state index contributed by atoms with van der Waals surface area (Å²) in [6, 6.07) is 6.19. The van der Waals surface area contributed by atoms with Crippen LogP contribution in [-0.2, 0) is 14.8 Å². The van der Waals surface area contributed by atoms with Crippen LogP contribution in [0.15, 0.2) is 47.5 Å². The van der Waals surface area contributed by atoms with Gasteiger partial charge in [-0.3, -0.25) is 4.72 Å². The number of esters is 1. The molecule has 166 valence electrons. The molecule has 3 aromatic rings. The fourth-order valence-corrected chi connectivity index (χ4v) is 4.47. The number of aromatic hydroxyl groups is 1. The number of cyclic esters (lactones) is 1. The molecule has 1 aliphatic heterocycles. The van der Waals surface area contributed by atoms with Crippen LogP contribution in [0.25, 0.3) is 11.1 Å². The standard InChI is InChI=1S/C20H13ClF2N2O6S/c21-13-6-10-7-17(18(13)26)32(28,29)25-16-8-12(14(22)9-15(16)23)11-2-1-3-24-19(11)30-4-5-31-20(10)27/h1-3,6-9,25-26H,4-5H2. The van der Waals surface area contributed by atoms with Crippen molar-refractivity contribution in [2.45, 2.75) is 4.90 Å². The summed E-state index contributed by atoms with van der Waals surface area (Å²) >= 11 is 5.87. The molecule has 0 spiro atoms. The van der Waals surface area contributed by atoms with Crippen molar-refractivity contribution < 1.29 is 36.6 Å². The number of halogens is 3. The summed E-state index contributed by atoms with van der Waals surface area (Å²) < 4.78 is 67.3. The average Bonchev–Trinajstić information content (AvgIpc) is 2.74. The van der Waals surface area contributed by atoms with Crippen molar-refractivity contribution in [2.24, 2.45) is 0 Å². The molecule has 0 unspecified atom stereocenters. The van der Waals surface area contributed by atoms with Gasteiger partial charge >= 0.3 is 5.97 Å². The molecule has 2 heterocycles. The third kappa shape index (κ3) is 4.04. The van der Waals surface area contributed by atoms with Crippen LogP contribution in [0.1, 0.15) is 10.4 Å². The number of anilines is 1. The number of hydrogen-bond acceptors (Lipinski definition) is 7. The van der Waals surface area contributed by atoms with Crippen molar-refractivity contribution in [3.63, 3.8) is 0 Å². The maximum atomic E-state index is 14.6. The van der Waals surface area contributed by atoms with E-state index >= 15 is 0 Å². The number of hydrogen-bond donors (Lipinski definition) is 2. The van der Waals surface area contributed by atoms with Gasteiger partial charge in [0.2, 0.25) is 5.88 Å². The lowest BCUT2D eigenvalue weighted by Crippen LogP contribution is -2.16. The molecule has 0 aliphatic carbocycles. The molecule has 8 nitrogen and oxygen atoms in total. The SMILES string of the molecule is O=C1OCCOc2ncccc2-c2cc(c(F)cc2F)NS(=O)(=O)c2cc1cc(Cl)c2O. The summed E-state index contributed by atoms with van der Waals surface area (Å²) in [7, 11) is -4.67. The van der Waals surface area contributed by atoms with Crippen LogP contribution in [0.5, 0.6) is 11.6 Å². The number of sulfonamides is 1.